The van der Waals surface area contributed by atoms with E-state index in [1.54, 1.807) is 41.9 Å². The minimum atomic E-state index is -0.591. The highest BCUT2D eigenvalue weighted by Gasteiger charge is 2.22. The number of benzene rings is 2. The van der Waals surface area contributed by atoms with E-state index in [1.807, 2.05) is 6.08 Å². The Morgan fingerprint density at radius 2 is 1.65 bits per heavy atom. The van der Waals surface area contributed by atoms with Crippen molar-refractivity contribution in [3.8, 4) is 0 Å². The van der Waals surface area contributed by atoms with Gasteiger partial charge in [0.25, 0.3) is 11.8 Å². The summed E-state index contributed by atoms with van der Waals surface area (Å²) in [7, 11) is 0. The van der Waals surface area contributed by atoms with Gasteiger partial charge in [0.15, 0.2) is 0 Å². The second-order valence-corrected chi connectivity index (χ2v) is 6.25. The summed E-state index contributed by atoms with van der Waals surface area (Å²) in [5.74, 6) is -0.753. The smallest absolute Gasteiger partial charge is 0.274 e. The van der Waals surface area contributed by atoms with Crippen molar-refractivity contribution in [2.45, 2.75) is 19.4 Å². The Kier molecular flexibility index (Phi) is 5.43. The maximum absolute atomic E-state index is 13.1. The number of carbonyl (C=O) groups is 2. The predicted octanol–water partition coefficient (Wildman–Crippen LogP) is 3.05. The second-order valence-electron chi connectivity index (χ2n) is 6.25. The molecule has 0 radical (unpaired) electrons. The van der Waals surface area contributed by atoms with Gasteiger partial charge in [0.1, 0.15) is 5.82 Å². The molecule has 3 rings (SSSR count). The number of amides is 2. The van der Waals surface area contributed by atoms with Crippen molar-refractivity contribution in [3.63, 3.8) is 0 Å². The van der Waals surface area contributed by atoms with E-state index in [9.17, 15) is 14.0 Å². The number of hydrogen-bond acceptors (Lipinski definition) is 3. The molecule has 2 aromatic rings. The van der Waals surface area contributed by atoms with E-state index >= 15 is 0 Å². The van der Waals surface area contributed by atoms with Gasteiger partial charge >= 0.3 is 0 Å². The summed E-state index contributed by atoms with van der Waals surface area (Å²) >= 11 is 0. The van der Waals surface area contributed by atoms with Crippen LogP contribution < -0.4 is 10.8 Å². The molecule has 6 heteroatoms. The number of carbonyl (C=O) groups excluding carboxylic acids is 2. The Hall–Kier alpha value is -2.99. The van der Waals surface area contributed by atoms with Gasteiger partial charge in [-0.3, -0.25) is 14.8 Å². The minimum Gasteiger partial charge on any atom is -0.348 e. The molecule has 1 fully saturated rings. The first-order valence-corrected chi connectivity index (χ1v) is 8.36. The van der Waals surface area contributed by atoms with E-state index in [1.165, 1.54) is 12.1 Å². The highest BCUT2D eigenvalue weighted by molar-refractivity contribution is 6.19. The van der Waals surface area contributed by atoms with Crippen LogP contribution in [0.15, 0.2) is 54.6 Å². The molecule has 0 spiro atoms. The molecule has 1 aliphatic carbocycles. The van der Waals surface area contributed by atoms with Crippen molar-refractivity contribution in [2.75, 3.05) is 0 Å². The Morgan fingerprint density at radius 3 is 2.23 bits per heavy atom. The van der Waals surface area contributed by atoms with Crippen molar-refractivity contribution in [3.05, 3.63) is 77.1 Å². The van der Waals surface area contributed by atoms with Crippen LogP contribution in [-0.4, -0.2) is 17.0 Å². The largest absolute Gasteiger partial charge is 0.348 e. The second kappa shape index (κ2) is 7.93. The molecular formula is C20H19FN2O3. The molecular weight excluding hydrogens is 335 g/mol. The lowest BCUT2D eigenvalue weighted by molar-refractivity contribution is -0.115. The van der Waals surface area contributed by atoms with E-state index in [0.29, 0.717) is 29.2 Å². The van der Waals surface area contributed by atoms with Crippen LogP contribution in [0.4, 0.5) is 4.39 Å². The average molecular weight is 354 g/mol. The van der Waals surface area contributed by atoms with Crippen molar-refractivity contribution in [1.82, 2.24) is 10.8 Å². The number of hydrogen-bond donors (Lipinski definition) is 3. The number of allylic oxidation sites excluding steroid dienone is 1. The first-order valence-electron chi connectivity index (χ1n) is 8.36. The molecule has 0 bridgehead atoms. The Labute approximate surface area is 150 Å². The quantitative estimate of drug-likeness (QED) is 0.424. The van der Waals surface area contributed by atoms with Crippen molar-refractivity contribution < 1.29 is 19.2 Å². The van der Waals surface area contributed by atoms with Gasteiger partial charge in [-0.15, -0.1) is 0 Å². The highest BCUT2D eigenvalue weighted by atomic mass is 19.1. The summed E-state index contributed by atoms with van der Waals surface area (Å²) in [5, 5.41) is 11.5. The lowest BCUT2D eigenvalue weighted by Gasteiger charge is -2.10. The summed E-state index contributed by atoms with van der Waals surface area (Å²) < 4.78 is 13.1. The normalized spacial score (nSPS) is 14.0. The van der Waals surface area contributed by atoms with Crippen LogP contribution in [0, 0.1) is 11.7 Å². The van der Waals surface area contributed by atoms with Gasteiger partial charge in [0.05, 0.1) is 0 Å². The molecule has 26 heavy (non-hydrogen) atoms. The highest BCUT2D eigenvalue weighted by Crippen LogP contribution is 2.33. The van der Waals surface area contributed by atoms with Gasteiger partial charge in [0.2, 0.25) is 0 Å². The molecule has 1 saturated carbocycles. The molecule has 2 amide bonds. The summed E-state index contributed by atoms with van der Waals surface area (Å²) in [6, 6.07) is 12.4. The molecule has 1 aliphatic rings. The van der Waals surface area contributed by atoms with Gasteiger partial charge < -0.3 is 5.32 Å². The topological polar surface area (TPSA) is 78.4 Å². The monoisotopic (exact) mass is 354 g/mol. The third-order valence-electron chi connectivity index (χ3n) is 4.19. The molecule has 0 atom stereocenters. The molecule has 3 N–H and O–H groups in total. The Balaban J connectivity index is 1.68. The first kappa shape index (κ1) is 17.8. The lowest BCUT2D eigenvalue weighted by atomic mass is 10.0. The van der Waals surface area contributed by atoms with E-state index in [2.05, 4.69) is 5.32 Å². The molecule has 0 saturated heterocycles. The van der Waals surface area contributed by atoms with Gasteiger partial charge in [0, 0.05) is 17.7 Å². The van der Waals surface area contributed by atoms with Crippen LogP contribution in [0.1, 0.15) is 34.3 Å². The maximum Gasteiger partial charge on any atom is 0.274 e. The third-order valence-corrected chi connectivity index (χ3v) is 4.19. The number of rotatable bonds is 6. The molecule has 0 unspecified atom stereocenters. The van der Waals surface area contributed by atoms with Gasteiger partial charge in [-0.2, -0.15) is 0 Å². The molecule has 0 aromatic heterocycles. The molecule has 134 valence electrons. The van der Waals surface area contributed by atoms with Crippen molar-refractivity contribution >= 4 is 17.4 Å². The Morgan fingerprint density at radius 1 is 1.04 bits per heavy atom. The maximum atomic E-state index is 13.1. The summed E-state index contributed by atoms with van der Waals surface area (Å²) in [5.41, 5.74) is 3.94. The lowest BCUT2D eigenvalue weighted by Crippen LogP contribution is -2.24. The predicted molar refractivity (Wildman–Crippen MR) is 94.6 cm³/mol. The van der Waals surface area contributed by atoms with Crippen LogP contribution in [0.5, 0.6) is 0 Å². The van der Waals surface area contributed by atoms with E-state index < -0.39 is 5.91 Å². The molecule has 0 heterocycles. The van der Waals surface area contributed by atoms with Crippen LogP contribution in [-0.2, 0) is 11.3 Å². The zero-order valence-corrected chi connectivity index (χ0v) is 14.0. The fourth-order valence-corrected chi connectivity index (χ4v) is 2.55. The third kappa shape index (κ3) is 4.55. The van der Waals surface area contributed by atoms with Crippen molar-refractivity contribution in [1.29, 1.82) is 0 Å². The van der Waals surface area contributed by atoms with E-state index in [-0.39, 0.29) is 11.7 Å². The zero-order chi connectivity index (χ0) is 18.5. The fraction of sp³-hybridized carbons (Fsp3) is 0.200. The molecule has 0 aliphatic heterocycles. The number of hydroxylamine groups is 1. The van der Waals surface area contributed by atoms with E-state index in [4.69, 9.17) is 5.21 Å². The summed E-state index contributed by atoms with van der Waals surface area (Å²) in [4.78, 5) is 23.9. The van der Waals surface area contributed by atoms with Gasteiger partial charge in [-0.05, 0) is 54.2 Å². The van der Waals surface area contributed by atoms with Crippen molar-refractivity contribution in [2.24, 2.45) is 5.92 Å². The average Bonchev–Trinajstić information content (AvgIpc) is 3.49. The number of halogens is 1. The minimum absolute atomic E-state index is 0.222. The van der Waals surface area contributed by atoms with Crippen LogP contribution in [0.3, 0.4) is 0 Å². The summed E-state index contributed by atoms with van der Waals surface area (Å²) in [6.45, 7) is 0.295. The standard InChI is InChI=1S/C20H19FN2O3/c21-17-9-7-15(8-10-17)18(11-13-1-2-13)20(25)22-12-14-3-5-16(6-4-14)19(24)23-26/h3-11,13,26H,1-2,12H2,(H,22,25)(H,23,24). The molecule has 2 aromatic carbocycles. The van der Waals surface area contributed by atoms with Crippen LogP contribution in [0.2, 0.25) is 0 Å². The van der Waals surface area contributed by atoms with E-state index in [0.717, 1.165) is 18.4 Å². The number of nitrogens with one attached hydrogen (secondary N) is 2. The fourth-order valence-electron chi connectivity index (χ4n) is 2.55. The van der Waals surface area contributed by atoms with Gasteiger partial charge in [-0.25, -0.2) is 9.87 Å². The van der Waals surface area contributed by atoms with Crippen LogP contribution in [0.25, 0.3) is 5.57 Å². The summed E-state index contributed by atoms with van der Waals surface area (Å²) in [6.07, 6.45) is 4.07. The van der Waals surface area contributed by atoms with Gasteiger partial charge in [-0.1, -0.05) is 30.3 Å². The zero-order valence-electron chi connectivity index (χ0n) is 14.0. The van der Waals surface area contributed by atoms with Crippen LogP contribution >= 0.6 is 0 Å². The molecule has 5 nitrogen and oxygen atoms in total. The first-order chi connectivity index (χ1) is 12.6. The SMILES string of the molecule is O=C(NCc1ccc(C(=O)NO)cc1)C(=CC1CC1)c1ccc(F)cc1. The Bertz CT molecular complexity index is 825.